The minimum Gasteiger partial charge on any atom is -0.106 e. The topological polar surface area (TPSA) is 0 Å². The van der Waals surface area contributed by atoms with E-state index in [-0.39, 0.29) is 16.3 Å². The van der Waals surface area contributed by atoms with Crippen LogP contribution in [-0.2, 0) is 0 Å². The average Bonchev–Trinajstić information content (AvgIpc) is 1.00. The maximum absolute atomic E-state index is 3.00. The molecule has 0 amide bonds. The van der Waals surface area contributed by atoms with Crippen LogP contribution in [0.3, 0.4) is 0 Å². The van der Waals surface area contributed by atoms with Crippen molar-refractivity contribution in [2.75, 3.05) is 0 Å². The minimum atomic E-state index is 0. The predicted octanol–water partition coefficient (Wildman–Crippen LogP) is 2.32. The molecule has 0 atom stereocenters. The third-order valence-electron chi connectivity index (χ3n) is 0. The van der Waals surface area contributed by atoms with Crippen molar-refractivity contribution in [1.82, 2.24) is 0 Å². The summed E-state index contributed by atoms with van der Waals surface area (Å²) in [5, 5.41) is 0. The summed E-state index contributed by atoms with van der Waals surface area (Å²) in [5.74, 6) is 0. The van der Waals surface area contributed by atoms with Gasteiger partial charge >= 0.3 is 0 Å². The Balaban J connectivity index is -0.00000000167. The van der Waals surface area contributed by atoms with Crippen LogP contribution in [0.2, 0.25) is 0 Å². The van der Waals surface area contributed by atoms with Crippen molar-refractivity contribution in [2.24, 2.45) is 0 Å². The molecule has 0 unspecified atom stereocenters. The first kappa shape index (κ1) is 51.3. The second kappa shape index (κ2) is 123. The molecule has 0 spiro atoms. The third kappa shape index (κ3) is 14.1. The lowest BCUT2D eigenvalue weighted by molar-refractivity contribution is 2.50. The molecule has 0 aliphatic carbocycles. The molecule has 0 aliphatic heterocycles. The van der Waals surface area contributed by atoms with Crippen LogP contribution < -0.4 is 0 Å². The van der Waals surface area contributed by atoms with Crippen molar-refractivity contribution < 1.29 is 1.43 Å². The van der Waals surface area contributed by atoms with E-state index in [1.54, 1.807) is 0 Å². The molecule has 0 saturated carbocycles. The first-order chi connectivity index (χ1) is 1.00. The van der Waals surface area contributed by atoms with E-state index >= 15 is 0 Å². The number of hydrogen-bond acceptors (Lipinski definition) is 0. The van der Waals surface area contributed by atoms with Gasteiger partial charge in [0.05, 0.1) is 0 Å². The second-order valence-corrected chi connectivity index (χ2v) is 0. The summed E-state index contributed by atoms with van der Waals surface area (Å²) < 4.78 is 0. The standard InChI is InChI=1S/C2H4.2CH4.H2/c1-2;;;/h1-2H2;2*1H4;1H/i;;;1+2. The lowest BCUT2D eigenvalue weighted by Crippen LogP contribution is -0.552. The first-order valence-corrected chi connectivity index (χ1v) is 0.500. The molecule has 0 rings (SSSR count). The van der Waals surface area contributed by atoms with Gasteiger partial charge in [0, 0.05) is 1.43 Å². The SMILES string of the molecule is C.C.C=C.[3HH]. The zero-order valence-electron chi connectivity index (χ0n) is 1.41. The molecule has 0 saturated heterocycles. The fraction of sp³-hybridized carbons (Fsp3) is 0.500. The molecule has 0 nitrogen and oxygen atoms in total. The molecule has 0 aromatic rings. The number of rotatable bonds is 0. The second-order valence-electron chi connectivity index (χ2n) is 0. The van der Waals surface area contributed by atoms with Gasteiger partial charge in [-0.3, -0.25) is 0 Å². The van der Waals surface area contributed by atoms with Crippen molar-refractivity contribution >= 4 is 0 Å². The summed E-state index contributed by atoms with van der Waals surface area (Å²) in [6.07, 6.45) is 0. The molecule has 0 aromatic carbocycles. The lowest BCUT2D eigenvalue weighted by Gasteiger charge is -0.813. The van der Waals surface area contributed by atoms with E-state index in [2.05, 4.69) is 13.2 Å². The molecule has 0 N–H and O–H groups in total. The summed E-state index contributed by atoms with van der Waals surface area (Å²) in [4.78, 5) is 0. The van der Waals surface area contributed by atoms with Crippen molar-refractivity contribution in [1.29, 1.82) is 0 Å². The van der Waals surface area contributed by atoms with Crippen molar-refractivity contribution in [3.05, 3.63) is 13.2 Å². The van der Waals surface area contributed by atoms with E-state index < -0.39 is 0 Å². The van der Waals surface area contributed by atoms with Crippen LogP contribution in [0.1, 0.15) is 16.3 Å². The van der Waals surface area contributed by atoms with Gasteiger partial charge in [-0.05, 0) is 0 Å². The molecule has 0 fully saturated rings. The predicted molar refractivity (Wildman–Crippen MR) is 26.8 cm³/mol. The van der Waals surface area contributed by atoms with Crippen LogP contribution in [0.4, 0.5) is 0 Å². The summed E-state index contributed by atoms with van der Waals surface area (Å²) in [6, 6.07) is 0. The summed E-state index contributed by atoms with van der Waals surface area (Å²) >= 11 is 0. The van der Waals surface area contributed by atoms with Gasteiger partial charge in [0.25, 0.3) is 0 Å². The monoisotopic (exact) mass is 64.1 g/mol. The summed E-state index contributed by atoms with van der Waals surface area (Å²) in [5.41, 5.74) is 0. The third-order valence-corrected chi connectivity index (χ3v) is 0. The van der Waals surface area contributed by atoms with E-state index in [0.29, 0.717) is 0 Å². The van der Waals surface area contributed by atoms with Gasteiger partial charge in [-0.25, -0.2) is 0 Å². The van der Waals surface area contributed by atoms with Crippen LogP contribution in [0.15, 0.2) is 13.2 Å². The van der Waals surface area contributed by atoms with E-state index in [9.17, 15) is 0 Å². The molecule has 0 aromatic heterocycles. The molecule has 0 heteroatoms. The Hall–Kier alpha value is -0.260. The summed E-state index contributed by atoms with van der Waals surface area (Å²) in [6.45, 7) is 6.00. The molecule has 0 heterocycles. The highest BCUT2D eigenvalue weighted by molar-refractivity contribution is 4.22. The van der Waals surface area contributed by atoms with Gasteiger partial charge in [-0.1, -0.05) is 14.9 Å². The first-order valence-electron chi connectivity index (χ1n) is 0.500. The maximum Gasteiger partial charge on any atom is 0 e. The van der Waals surface area contributed by atoms with Crippen molar-refractivity contribution in [3.63, 3.8) is 0 Å². The van der Waals surface area contributed by atoms with Crippen LogP contribution in [0.5, 0.6) is 0 Å². The van der Waals surface area contributed by atoms with E-state index in [1.807, 2.05) is 0 Å². The highest BCUT2D eigenvalue weighted by Gasteiger charge is 0.601. The van der Waals surface area contributed by atoms with E-state index in [4.69, 9.17) is 0 Å². The highest BCUT2D eigenvalue weighted by Crippen LogP contribution is 0.862. The molecule has 30 valence electrons. The van der Waals surface area contributed by atoms with Gasteiger partial charge in [-0.2, -0.15) is 0 Å². The van der Waals surface area contributed by atoms with Crippen LogP contribution in [0.25, 0.3) is 0 Å². The Bertz CT molecular complexity index is 3.61. The smallest absolute Gasteiger partial charge is 0 e. The fourth-order valence-corrected chi connectivity index (χ4v) is 0. The number of hydrogen-bond donors (Lipinski definition) is 0. The lowest BCUT2D eigenvalue weighted by atomic mass is 11.3. The minimum absolute atomic E-state index is 0. The normalized spacial score (nSPS) is 1.00. The Morgan fingerprint density at radius 1 is 1.00 bits per heavy atom. The van der Waals surface area contributed by atoms with Crippen molar-refractivity contribution in [2.45, 2.75) is 14.9 Å². The largest absolute Gasteiger partial charge is 0.106 e. The molecular weight excluding hydrogens is 48.0 g/mol. The van der Waals surface area contributed by atoms with Crippen molar-refractivity contribution in [3.8, 4) is 0 Å². The van der Waals surface area contributed by atoms with Crippen LogP contribution in [-0.4, -0.2) is 0 Å². The molecule has 0 radical (unpaired) electrons. The summed E-state index contributed by atoms with van der Waals surface area (Å²) in [7, 11) is 0. The maximum atomic E-state index is 3.00. The van der Waals surface area contributed by atoms with Crippen LogP contribution in [0, 0.1) is 0 Å². The molecular formula is C4H14. The van der Waals surface area contributed by atoms with Gasteiger partial charge in [0.15, 0.2) is 0 Å². The Morgan fingerprint density at radius 2 is 1.00 bits per heavy atom. The van der Waals surface area contributed by atoms with E-state index in [1.165, 1.54) is 0 Å². The van der Waals surface area contributed by atoms with E-state index in [0.717, 1.165) is 0 Å². The zero-order valence-corrected chi connectivity index (χ0v) is 1.41. The van der Waals surface area contributed by atoms with Gasteiger partial charge in [0.2, 0.25) is 0 Å². The zero-order chi connectivity index (χ0) is 2.00. The molecule has 0 aliphatic rings. The van der Waals surface area contributed by atoms with Gasteiger partial charge in [0.1, 0.15) is 0 Å². The molecule has 0 bridgehead atoms. The van der Waals surface area contributed by atoms with Gasteiger partial charge in [-0.15, -0.1) is 13.2 Å². The Labute approximate surface area is 30.6 Å². The Kier molecular flexibility index (Phi) is 1570. The highest BCUT2D eigenvalue weighted by atomic mass is 12.7. The Morgan fingerprint density at radius 3 is 1.00 bits per heavy atom. The quantitative estimate of drug-likeness (QED) is 0.379. The fourth-order valence-electron chi connectivity index (χ4n) is 0. The van der Waals surface area contributed by atoms with Crippen LogP contribution >= 0.6 is 0 Å². The average molecular weight is 64.2 g/mol. The molecule has 4 heavy (non-hydrogen) atoms. The van der Waals surface area contributed by atoms with Gasteiger partial charge < -0.3 is 0 Å².